The minimum atomic E-state index is -0.320. The third kappa shape index (κ3) is 4.44. The molecule has 6 heteroatoms. The molecule has 25 heavy (non-hydrogen) atoms. The molecule has 1 aromatic heterocycles. The minimum absolute atomic E-state index is 0.265. The number of aromatic nitrogens is 2. The maximum atomic E-state index is 12.8. The molecule has 3 rings (SSSR count). The Labute approximate surface area is 145 Å². The van der Waals surface area contributed by atoms with E-state index in [1.165, 1.54) is 12.1 Å². The Morgan fingerprint density at radius 3 is 2.56 bits per heavy atom. The lowest BCUT2D eigenvalue weighted by Gasteiger charge is -2.05. The van der Waals surface area contributed by atoms with Crippen molar-refractivity contribution in [1.82, 2.24) is 15.1 Å². The first-order valence-electron chi connectivity index (χ1n) is 8.00. The molecule has 0 bridgehead atoms. The highest BCUT2D eigenvalue weighted by molar-refractivity contribution is 5.88. The number of anilines is 1. The maximum Gasteiger partial charge on any atom is 0.320 e. The zero-order valence-corrected chi connectivity index (χ0v) is 13.9. The number of hydrogen-bond donors (Lipinski definition) is 2. The second-order valence-corrected chi connectivity index (χ2v) is 5.66. The molecular formula is C19H19FN4O. The van der Waals surface area contributed by atoms with Gasteiger partial charge in [0.05, 0.1) is 5.69 Å². The Kier molecular flexibility index (Phi) is 5.09. The third-order valence-corrected chi connectivity index (χ3v) is 3.80. The standard InChI is InChI=1S/C19H19FN4O/c1-24-17(15-5-3-2-4-6-15)13-18(23-24)22-19(25)21-12-11-14-7-9-16(20)10-8-14/h2-10,13H,11-12H2,1H3,(H2,21,22,23,25). The second-order valence-electron chi connectivity index (χ2n) is 5.66. The number of carbonyl (C=O) groups excluding carboxylic acids is 1. The molecule has 2 amide bonds. The topological polar surface area (TPSA) is 59.0 Å². The number of benzene rings is 2. The Bertz CT molecular complexity index is 844. The first-order valence-corrected chi connectivity index (χ1v) is 8.00. The molecule has 0 spiro atoms. The summed E-state index contributed by atoms with van der Waals surface area (Å²) in [5.74, 6) is 0.222. The van der Waals surface area contributed by atoms with Crippen molar-refractivity contribution < 1.29 is 9.18 Å². The van der Waals surface area contributed by atoms with Crippen molar-refractivity contribution in [3.05, 3.63) is 72.0 Å². The summed E-state index contributed by atoms with van der Waals surface area (Å²) in [5, 5.41) is 9.80. The molecule has 0 aliphatic carbocycles. The molecule has 3 aromatic rings. The number of rotatable bonds is 5. The number of carbonyl (C=O) groups is 1. The van der Waals surface area contributed by atoms with Gasteiger partial charge in [0.2, 0.25) is 0 Å². The maximum absolute atomic E-state index is 12.8. The highest BCUT2D eigenvalue weighted by Gasteiger charge is 2.09. The van der Waals surface area contributed by atoms with E-state index in [-0.39, 0.29) is 11.8 Å². The normalized spacial score (nSPS) is 10.5. The Hall–Kier alpha value is -3.15. The summed E-state index contributed by atoms with van der Waals surface area (Å²) >= 11 is 0. The van der Waals surface area contributed by atoms with Crippen LogP contribution >= 0.6 is 0 Å². The average molecular weight is 338 g/mol. The molecule has 0 aliphatic rings. The van der Waals surface area contributed by atoms with Gasteiger partial charge in [-0.15, -0.1) is 0 Å². The molecule has 0 aliphatic heterocycles. The monoisotopic (exact) mass is 338 g/mol. The molecule has 128 valence electrons. The minimum Gasteiger partial charge on any atom is -0.337 e. The smallest absolute Gasteiger partial charge is 0.320 e. The van der Waals surface area contributed by atoms with Crippen LogP contribution in [0.5, 0.6) is 0 Å². The Balaban J connectivity index is 1.54. The fourth-order valence-electron chi connectivity index (χ4n) is 2.54. The first kappa shape index (κ1) is 16.7. The van der Waals surface area contributed by atoms with Crippen LogP contribution in [0.25, 0.3) is 11.3 Å². The lowest BCUT2D eigenvalue weighted by atomic mass is 10.1. The van der Waals surface area contributed by atoms with E-state index in [1.807, 2.05) is 43.4 Å². The summed E-state index contributed by atoms with van der Waals surface area (Å²) in [4.78, 5) is 12.0. The highest BCUT2D eigenvalue weighted by atomic mass is 19.1. The van der Waals surface area contributed by atoms with Crippen molar-refractivity contribution in [2.24, 2.45) is 7.05 Å². The molecule has 1 heterocycles. The van der Waals surface area contributed by atoms with Crippen molar-refractivity contribution in [3.63, 3.8) is 0 Å². The molecule has 0 fully saturated rings. The summed E-state index contributed by atoms with van der Waals surface area (Å²) < 4.78 is 14.6. The SMILES string of the molecule is Cn1nc(NC(=O)NCCc2ccc(F)cc2)cc1-c1ccccc1. The molecule has 2 N–H and O–H groups in total. The van der Waals surface area contributed by atoms with E-state index in [0.29, 0.717) is 18.8 Å². The number of hydrogen-bond acceptors (Lipinski definition) is 2. The second kappa shape index (κ2) is 7.61. The van der Waals surface area contributed by atoms with Gasteiger partial charge in [0, 0.05) is 19.7 Å². The Morgan fingerprint density at radius 2 is 1.84 bits per heavy atom. The fraction of sp³-hybridized carbons (Fsp3) is 0.158. The molecule has 0 unspecified atom stereocenters. The van der Waals surface area contributed by atoms with Gasteiger partial charge >= 0.3 is 6.03 Å². The van der Waals surface area contributed by atoms with Crippen LogP contribution < -0.4 is 10.6 Å². The van der Waals surface area contributed by atoms with Gasteiger partial charge in [-0.2, -0.15) is 5.10 Å². The van der Waals surface area contributed by atoms with Crippen molar-refractivity contribution in [2.45, 2.75) is 6.42 Å². The zero-order chi connectivity index (χ0) is 17.6. The van der Waals surface area contributed by atoms with Gasteiger partial charge in [0.25, 0.3) is 0 Å². The van der Waals surface area contributed by atoms with E-state index in [1.54, 1.807) is 16.8 Å². The molecule has 5 nitrogen and oxygen atoms in total. The van der Waals surface area contributed by atoms with Crippen molar-refractivity contribution in [3.8, 4) is 11.3 Å². The summed E-state index contributed by atoms with van der Waals surface area (Å²) in [6.07, 6.45) is 0.630. The van der Waals surface area contributed by atoms with Gasteiger partial charge in [0.1, 0.15) is 5.82 Å². The van der Waals surface area contributed by atoms with E-state index in [2.05, 4.69) is 15.7 Å². The summed E-state index contributed by atoms with van der Waals surface area (Å²) in [5.41, 5.74) is 2.91. The van der Waals surface area contributed by atoms with Crippen LogP contribution in [0.1, 0.15) is 5.56 Å². The number of urea groups is 1. The van der Waals surface area contributed by atoms with Gasteiger partial charge in [-0.25, -0.2) is 9.18 Å². The predicted molar refractivity (Wildman–Crippen MR) is 95.8 cm³/mol. The average Bonchev–Trinajstić information content (AvgIpc) is 2.97. The van der Waals surface area contributed by atoms with E-state index < -0.39 is 0 Å². The van der Waals surface area contributed by atoms with Crippen molar-refractivity contribution >= 4 is 11.8 Å². The van der Waals surface area contributed by atoms with Gasteiger partial charge in [0.15, 0.2) is 5.82 Å². The number of amides is 2. The fourth-order valence-corrected chi connectivity index (χ4v) is 2.54. The van der Waals surface area contributed by atoms with Crippen molar-refractivity contribution in [1.29, 1.82) is 0 Å². The molecule has 0 radical (unpaired) electrons. The van der Waals surface area contributed by atoms with Gasteiger partial charge in [-0.1, -0.05) is 42.5 Å². The molecular weight excluding hydrogens is 319 g/mol. The van der Waals surface area contributed by atoms with Crippen LogP contribution in [0.2, 0.25) is 0 Å². The van der Waals surface area contributed by atoms with Gasteiger partial charge in [-0.3, -0.25) is 10.00 Å². The van der Waals surface area contributed by atoms with Crippen LogP contribution in [0.4, 0.5) is 15.0 Å². The van der Waals surface area contributed by atoms with E-state index in [4.69, 9.17) is 0 Å². The van der Waals surface area contributed by atoms with Crippen LogP contribution in [0.15, 0.2) is 60.7 Å². The molecule has 0 saturated heterocycles. The molecule has 0 atom stereocenters. The van der Waals surface area contributed by atoms with Crippen LogP contribution in [0.3, 0.4) is 0 Å². The van der Waals surface area contributed by atoms with E-state index in [9.17, 15) is 9.18 Å². The number of halogens is 1. The first-order chi connectivity index (χ1) is 12.1. The summed E-state index contributed by atoms with van der Waals surface area (Å²) in [6, 6.07) is 17.6. The Morgan fingerprint density at radius 1 is 1.12 bits per heavy atom. The third-order valence-electron chi connectivity index (χ3n) is 3.80. The highest BCUT2D eigenvalue weighted by Crippen LogP contribution is 2.21. The van der Waals surface area contributed by atoms with Crippen LogP contribution in [0, 0.1) is 5.82 Å². The van der Waals surface area contributed by atoms with Crippen LogP contribution in [-0.4, -0.2) is 22.4 Å². The largest absolute Gasteiger partial charge is 0.337 e. The van der Waals surface area contributed by atoms with Gasteiger partial charge < -0.3 is 5.32 Å². The van der Waals surface area contributed by atoms with Crippen molar-refractivity contribution in [2.75, 3.05) is 11.9 Å². The van der Waals surface area contributed by atoms with Crippen LogP contribution in [-0.2, 0) is 13.5 Å². The number of nitrogens with zero attached hydrogens (tertiary/aromatic N) is 2. The summed E-state index contributed by atoms with van der Waals surface area (Å²) in [7, 11) is 1.83. The van der Waals surface area contributed by atoms with Gasteiger partial charge in [-0.05, 0) is 29.7 Å². The zero-order valence-electron chi connectivity index (χ0n) is 13.9. The lowest BCUT2D eigenvalue weighted by Crippen LogP contribution is -2.30. The quantitative estimate of drug-likeness (QED) is 0.747. The predicted octanol–water partition coefficient (Wildman–Crippen LogP) is 3.59. The summed E-state index contributed by atoms with van der Waals surface area (Å²) in [6.45, 7) is 0.454. The van der Waals surface area contributed by atoms with E-state index in [0.717, 1.165) is 16.8 Å². The van der Waals surface area contributed by atoms with E-state index >= 15 is 0 Å². The number of aryl methyl sites for hydroxylation is 1. The molecule has 0 saturated carbocycles. The number of nitrogens with one attached hydrogen (secondary N) is 2. The lowest BCUT2D eigenvalue weighted by molar-refractivity contribution is 0.252. The molecule has 2 aromatic carbocycles.